The summed E-state index contributed by atoms with van der Waals surface area (Å²) >= 11 is 0. The van der Waals surface area contributed by atoms with E-state index >= 15 is 0 Å². The third-order valence-corrected chi connectivity index (χ3v) is 3.58. The fourth-order valence-corrected chi connectivity index (χ4v) is 2.42. The summed E-state index contributed by atoms with van der Waals surface area (Å²) in [6.07, 6.45) is 6.71. The summed E-state index contributed by atoms with van der Waals surface area (Å²) in [5.74, 6) is 1.46. The smallest absolute Gasteiger partial charge is 0.213 e. The quantitative estimate of drug-likeness (QED) is 0.871. The molecule has 1 aromatic rings. The maximum Gasteiger partial charge on any atom is 0.213 e. The topological polar surface area (TPSA) is 48.1 Å². The lowest BCUT2D eigenvalue weighted by Crippen LogP contribution is -2.16. The van der Waals surface area contributed by atoms with E-state index in [-0.39, 0.29) is 0 Å². The van der Waals surface area contributed by atoms with Gasteiger partial charge in [0.15, 0.2) is 0 Å². The van der Waals surface area contributed by atoms with Gasteiger partial charge in [0.05, 0.1) is 6.61 Å². The SMILES string of the molecule is Cc1nc(OCC2CCCCC2)ccc1CN. The maximum absolute atomic E-state index is 5.77. The van der Waals surface area contributed by atoms with Crippen molar-refractivity contribution in [3.05, 3.63) is 23.4 Å². The number of aromatic nitrogens is 1. The zero-order valence-electron chi connectivity index (χ0n) is 10.6. The van der Waals surface area contributed by atoms with E-state index in [1.807, 2.05) is 19.1 Å². The molecule has 1 heterocycles. The highest BCUT2D eigenvalue weighted by Crippen LogP contribution is 2.24. The largest absolute Gasteiger partial charge is 0.477 e. The molecule has 3 heteroatoms. The van der Waals surface area contributed by atoms with Crippen LogP contribution < -0.4 is 10.5 Å². The van der Waals surface area contributed by atoms with E-state index in [0.717, 1.165) is 29.7 Å². The zero-order chi connectivity index (χ0) is 12.1. The van der Waals surface area contributed by atoms with E-state index in [2.05, 4.69) is 4.98 Å². The van der Waals surface area contributed by atoms with E-state index < -0.39 is 0 Å². The molecule has 0 amide bonds. The van der Waals surface area contributed by atoms with Crippen molar-refractivity contribution >= 4 is 0 Å². The van der Waals surface area contributed by atoms with Crippen LogP contribution >= 0.6 is 0 Å². The van der Waals surface area contributed by atoms with Crippen LogP contribution in [0.1, 0.15) is 43.4 Å². The highest BCUT2D eigenvalue weighted by Gasteiger charge is 2.14. The van der Waals surface area contributed by atoms with E-state index in [9.17, 15) is 0 Å². The van der Waals surface area contributed by atoms with Gasteiger partial charge in [-0.15, -0.1) is 0 Å². The third-order valence-electron chi connectivity index (χ3n) is 3.58. The Balaban J connectivity index is 1.87. The fraction of sp³-hybridized carbons (Fsp3) is 0.643. The summed E-state index contributed by atoms with van der Waals surface area (Å²) in [7, 11) is 0. The molecule has 0 aromatic carbocycles. The van der Waals surface area contributed by atoms with E-state index in [1.165, 1.54) is 32.1 Å². The Bertz CT molecular complexity index is 359. The predicted molar refractivity (Wildman–Crippen MR) is 68.9 cm³/mol. The first-order valence-corrected chi connectivity index (χ1v) is 6.59. The van der Waals surface area contributed by atoms with Crippen LogP contribution in [0.4, 0.5) is 0 Å². The van der Waals surface area contributed by atoms with Gasteiger partial charge in [-0.25, -0.2) is 4.98 Å². The van der Waals surface area contributed by atoms with Gasteiger partial charge in [-0.2, -0.15) is 0 Å². The second-order valence-corrected chi connectivity index (χ2v) is 4.91. The number of hydrogen-bond acceptors (Lipinski definition) is 3. The van der Waals surface area contributed by atoms with E-state index in [4.69, 9.17) is 10.5 Å². The number of pyridine rings is 1. The van der Waals surface area contributed by atoms with Crippen LogP contribution in [0, 0.1) is 12.8 Å². The minimum Gasteiger partial charge on any atom is -0.477 e. The lowest BCUT2D eigenvalue weighted by Gasteiger charge is -2.21. The number of nitrogens with two attached hydrogens (primary N) is 1. The number of aryl methyl sites for hydroxylation is 1. The number of rotatable bonds is 4. The Morgan fingerprint density at radius 2 is 2.06 bits per heavy atom. The van der Waals surface area contributed by atoms with Crippen molar-refractivity contribution in [2.24, 2.45) is 11.7 Å². The summed E-state index contributed by atoms with van der Waals surface area (Å²) in [6.45, 7) is 3.34. The molecule has 0 aliphatic heterocycles. The van der Waals surface area contributed by atoms with Gasteiger partial charge in [0, 0.05) is 18.3 Å². The number of ether oxygens (including phenoxy) is 1. The first kappa shape index (κ1) is 12.4. The van der Waals surface area contributed by atoms with Gasteiger partial charge < -0.3 is 10.5 Å². The van der Waals surface area contributed by atoms with Gasteiger partial charge in [-0.3, -0.25) is 0 Å². The van der Waals surface area contributed by atoms with Crippen LogP contribution in [0.2, 0.25) is 0 Å². The van der Waals surface area contributed by atoms with Crippen molar-refractivity contribution in [2.75, 3.05) is 6.61 Å². The predicted octanol–water partition coefficient (Wildman–Crippen LogP) is 2.81. The monoisotopic (exact) mass is 234 g/mol. The lowest BCUT2D eigenvalue weighted by molar-refractivity contribution is 0.202. The molecule has 2 rings (SSSR count). The van der Waals surface area contributed by atoms with Gasteiger partial charge >= 0.3 is 0 Å². The first-order valence-electron chi connectivity index (χ1n) is 6.59. The fourth-order valence-electron chi connectivity index (χ4n) is 2.42. The standard InChI is InChI=1S/C14H22N2O/c1-11-13(9-15)7-8-14(16-11)17-10-12-5-3-2-4-6-12/h7-8,12H,2-6,9-10,15H2,1H3. The Kier molecular flexibility index (Phi) is 4.37. The first-order chi connectivity index (χ1) is 8.29. The molecule has 0 bridgehead atoms. The maximum atomic E-state index is 5.77. The summed E-state index contributed by atoms with van der Waals surface area (Å²) < 4.78 is 5.77. The molecule has 1 fully saturated rings. The molecule has 17 heavy (non-hydrogen) atoms. The summed E-state index contributed by atoms with van der Waals surface area (Å²) in [5.41, 5.74) is 7.68. The minimum absolute atomic E-state index is 0.543. The van der Waals surface area contributed by atoms with Crippen molar-refractivity contribution in [1.29, 1.82) is 0 Å². The number of nitrogens with zero attached hydrogens (tertiary/aromatic N) is 1. The number of hydrogen-bond donors (Lipinski definition) is 1. The summed E-state index contributed by atoms with van der Waals surface area (Å²) in [6, 6.07) is 3.94. The average Bonchev–Trinajstić information content (AvgIpc) is 2.38. The van der Waals surface area contributed by atoms with Gasteiger partial charge in [0.2, 0.25) is 5.88 Å². The van der Waals surface area contributed by atoms with Crippen LogP contribution in [0.3, 0.4) is 0 Å². The van der Waals surface area contributed by atoms with Crippen LogP contribution in [0.15, 0.2) is 12.1 Å². The lowest BCUT2D eigenvalue weighted by atomic mass is 9.90. The van der Waals surface area contributed by atoms with Crippen molar-refractivity contribution in [3.8, 4) is 5.88 Å². The van der Waals surface area contributed by atoms with Crippen LogP contribution in [-0.2, 0) is 6.54 Å². The van der Waals surface area contributed by atoms with Crippen LogP contribution in [-0.4, -0.2) is 11.6 Å². The minimum atomic E-state index is 0.543. The zero-order valence-corrected chi connectivity index (χ0v) is 10.6. The molecule has 0 radical (unpaired) electrons. The van der Waals surface area contributed by atoms with E-state index in [0.29, 0.717) is 6.54 Å². The molecule has 1 aromatic heterocycles. The van der Waals surface area contributed by atoms with Crippen molar-refractivity contribution in [1.82, 2.24) is 4.98 Å². The summed E-state index contributed by atoms with van der Waals surface area (Å²) in [5, 5.41) is 0. The molecule has 2 N–H and O–H groups in total. The van der Waals surface area contributed by atoms with E-state index in [1.54, 1.807) is 0 Å². The van der Waals surface area contributed by atoms with Gasteiger partial charge in [-0.05, 0) is 31.2 Å². The molecule has 3 nitrogen and oxygen atoms in total. The molecule has 1 aliphatic carbocycles. The second kappa shape index (κ2) is 6.01. The molecule has 0 atom stereocenters. The molecule has 94 valence electrons. The van der Waals surface area contributed by atoms with Crippen LogP contribution in [0.25, 0.3) is 0 Å². The second-order valence-electron chi connectivity index (χ2n) is 4.91. The average molecular weight is 234 g/mol. The Hall–Kier alpha value is -1.09. The highest BCUT2D eigenvalue weighted by atomic mass is 16.5. The van der Waals surface area contributed by atoms with Crippen molar-refractivity contribution < 1.29 is 4.74 Å². The Morgan fingerprint density at radius 1 is 1.29 bits per heavy atom. The molecular weight excluding hydrogens is 212 g/mol. The molecule has 1 aliphatic rings. The normalized spacial score (nSPS) is 17.1. The highest BCUT2D eigenvalue weighted by molar-refractivity contribution is 5.24. The molecule has 0 saturated heterocycles. The third kappa shape index (κ3) is 3.43. The van der Waals surface area contributed by atoms with Crippen LogP contribution in [0.5, 0.6) is 5.88 Å². The molecule has 0 spiro atoms. The Morgan fingerprint density at radius 3 is 2.71 bits per heavy atom. The summed E-state index contributed by atoms with van der Waals surface area (Å²) in [4.78, 5) is 4.43. The van der Waals surface area contributed by atoms with Gasteiger partial charge in [-0.1, -0.05) is 25.3 Å². The van der Waals surface area contributed by atoms with Gasteiger partial charge in [0.1, 0.15) is 0 Å². The molecule has 0 unspecified atom stereocenters. The van der Waals surface area contributed by atoms with Crippen molar-refractivity contribution in [3.63, 3.8) is 0 Å². The van der Waals surface area contributed by atoms with Gasteiger partial charge in [0.25, 0.3) is 0 Å². The Labute approximate surface area is 103 Å². The molecular formula is C14H22N2O. The van der Waals surface area contributed by atoms with Crippen molar-refractivity contribution in [2.45, 2.75) is 45.6 Å². The molecule has 1 saturated carbocycles.